The van der Waals surface area contributed by atoms with Gasteiger partial charge >= 0.3 is 0 Å². The van der Waals surface area contributed by atoms with Crippen molar-refractivity contribution in [3.63, 3.8) is 0 Å². The maximum Gasteiger partial charge on any atom is 0.0714 e. The Bertz CT molecular complexity index is 3420. The van der Waals surface area contributed by atoms with Gasteiger partial charge in [0.1, 0.15) is 0 Å². The van der Waals surface area contributed by atoms with Gasteiger partial charge in [-0.2, -0.15) is 0 Å². The summed E-state index contributed by atoms with van der Waals surface area (Å²) >= 11 is 0. The molecule has 0 heterocycles. The van der Waals surface area contributed by atoms with Gasteiger partial charge in [-0.1, -0.05) is 206 Å². The third-order valence-electron chi connectivity index (χ3n) is 13.1. The van der Waals surface area contributed by atoms with Gasteiger partial charge in [0.05, 0.1) is 11.1 Å². The third kappa shape index (κ3) is 5.63. The molecule has 12 rings (SSSR count). The summed E-state index contributed by atoms with van der Waals surface area (Å²) in [7, 11) is 0. The fourth-order valence-corrected chi connectivity index (χ4v) is 10.4. The fraction of sp³-hybridized carbons (Fsp3) is 0.0164. The highest BCUT2D eigenvalue weighted by atomic mass is 15.1. The van der Waals surface area contributed by atoms with E-state index in [9.17, 15) is 0 Å². The largest absolute Gasteiger partial charge is 0.310 e. The second-order valence-electron chi connectivity index (χ2n) is 16.4. The van der Waals surface area contributed by atoms with Crippen LogP contribution in [0.1, 0.15) is 22.3 Å². The van der Waals surface area contributed by atoms with Crippen molar-refractivity contribution in [1.82, 2.24) is 0 Å². The summed E-state index contributed by atoms with van der Waals surface area (Å²) in [5.74, 6) is 0. The van der Waals surface area contributed by atoms with Crippen molar-refractivity contribution in [1.29, 1.82) is 0 Å². The summed E-state index contributed by atoms with van der Waals surface area (Å²) in [6.07, 6.45) is 0. The summed E-state index contributed by atoms with van der Waals surface area (Å²) in [5.41, 5.74) is 15.2. The van der Waals surface area contributed by atoms with Gasteiger partial charge < -0.3 is 4.90 Å². The smallest absolute Gasteiger partial charge is 0.0714 e. The molecule has 0 fully saturated rings. The van der Waals surface area contributed by atoms with Crippen molar-refractivity contribution in [3.05, 3.63) is 271 Å². The summed E-state index contributed by atoms with van der Waals surface area (Å²) in [4.78, 5) is 2.47. The van der Waals surface area contributed by atoms with Crippen molar-refractivity contribution in [2.24, 2.45) is 0 Å². The molecule has 290 valence electrons. The van der Waals surface area contributed by atoms with Crippen LogP contribution in [0.25, 0.3) is 65.7 Å². The van der Waals surface area contributed by atoms with Crippen LogP contribution in [0.2, 0.25) is 0 Å². The average Bonchev–Trinajstić information content (AvgIpc) is 3.65. The minimum absolute atomic E-state index is 0.519. The number of benzene rings is 11. The third-order valence-corrected chi connectivity index (χ3v) is 13.1. The van der Waals surface area contributed by atoms with Gasteiger partial charge in [0.15, 0.2) is 0 Å². The van der Waals surface area contributed by atoms with E-state index in [2.05, 4.69) is 254 Å². The van der Waals surface area contributed by atoms with E-state index < -0.39 is 5.41 Å². The van der Waals surface area contributed by atoms with E-state index in [1.807, 2.05) is 0 Å². The molecule has 0 radical (unpaired) electrons. The number of rotatable bonds is 7. The van der Waals surface area contributed by atoms with Crippen LogP contribution in [0.4, 0.5) is 17.1 Å². The number of hydrogen-bond donors (Lipinski definition) is 0. The maximum atomic E-state index is 2.47. The monoisotopic (exact) mass is 787 g/mol. The highest BCUT2D eigenvalue weighted by Crippen LogP contribution is 2.57. The molecule has 0 spiro atoms. The molecule has 0 unspecified atom stereocenters. The first kappa shape index (κ1) is 35.9. The van der Waals surface area contributed by atoms with Crippen molar-refractivity contribution < 1.29 is 0 Å². The average molecular weight is 788 g/mol. The lowest BCUT2D eigenvalue weighted by Crippen LogP contribution is -2.28. The van der Waals surface area contributed by atoms with E-state index in [4.69, 9.17) is 0 Å². The second-order valence-corrected chi connectivity index (χ2v) is 16.4. The number of nitrogens with zero attached hydrogens (tertiary/aromatic N) is 1. The van der Waals surface area contributed by atoms with Gasteiger partial charge in [0.2, 0.25) is 0 Å². The molecule has 11 aromatic carbocycles. The Morgan fingerprint density at radius 1 is 0.274 bits per heavy atom. The molecule has 0 aromatic heterocycles. The molecule has 62 heavy (non-hydrogen) atoms. The maximum absolute atomic E-state index is 2.47. The van der Waals surface area contributed by atoms with Crippen molar-refractivity contribution in [2.75, 3.05) is 4.90 Å². The molecule has 0 saturated heterocycles. The second kappa shape index (κ2) is 14.6. The molecule has 0 amide bonds. The Kier molecular flexibility index (Phi) is 8.47. The first-order chi connectivity index (χ1) is 30.8. The van der Waals surface area contributed by atoms with Crippen LogP contribution in [0.5, 0.6) is 0 Å². The molecule has 0 aliphatic heterocycles. The van der Waals surface area contributed by atoms with E-state index in [0.29, 0.717) is 0 Å². The topological polar surface area (TPSA) is 3.24 Å². The molecule has 0 saturated carbocycles. The summed E-state index contributed by atoms with van der Waals surface area (Å²) in [5, 5.41) is 7.52. The van der Waals surface area contributed by atoms with E-state index in [1.165, 1.54) is 88.0 Å². The van der Waals surface area contributed by atoms with Crippen LogP contribution in [-0.4, -0.2) is 0 Å². The molecule has 0 bridgehead atoms. The fourth-order valence-electron chi connectivity index (χ4n) is 10.4. The standard InChI is InChI=1S/C61H41N/c1-3-20-47(21-4-1)61(48-22-5-2-6-23-48)58-29-15-13-28-55(58)56-38-37-50(41-59(56)61)62(60-30-16-14-25-52(60)46-32-31-42-17-7-8-18-44(42)39-46)49-35-33-43(34-36-49)57-40-45-19-9-10-24-51(45)53-26-11-12-27-54(53)57/h1-41H. The quantitative estimate of drug-likeness (QED) is 0.145. The SMILES string of the molecule is c1ccc(C2(c3ccccc3)c3ccccc3-c3ccc(N(c4ccc(-c5cc6ccccc6c6ccccc56)cc4)c4ccccc4-c4ccc5ccccc5c4)cc32)cc1. The number of para-hydroxylation sites is 1. The number of hydrogen-bond acceptors (Lipinski definition) is 1. The molecule has 0 N–H and O–H groups in total. The highest BCUT2D eigenvalue weighted by molar-refractivity contribution is 6.13. The zero-order valence-corrected chi connectivity index (χ0v) is 34.1. The van der Waals surface area contributed by atoms with Crippen LogP contribution in [0, 0.1) is 0 Å². The number of anilines is 3. The Hall–Kier alpha value is -8.00. The number of fused-ring (bicyclic) bond motifs is 7. The van der Waals surface area contributed by atoms with E-state index in [-0.39, 0.29) is 0 Å². The van der Waals surface area contributed by atoms with E-state index in [0.717, 1.165) is 17.1 Å². The Morgan fingerprint density at radius 2 is 0.823 bits per heavy atom. The van der Waals surface area contributed by atoms with Gasteiger partial charge in [-0.15, -0.1) is 0 Å². The first-order valence-electron chi connectivity index (χ1n) is 21.5. The first-order valence-corrected chi connectivity index (χ1v) is 21.5. The highest BCUT2D eigenvalue weighted by Gasteiger charge is 2.46. The van der Waals surface area contributed by atoms with Crippen molar-refractivity contribution >= 4 is 49.4 Å². The van der Waals surface area contributed by atoms with Gasteiger partial charge in [0.25, 0.3) is 0 Å². The van der Waals surface area contributed by atoms with Gasteiger partial charge in [-0.25, -0.2) is 0 Å². The molecule has 1 heteroatoms. The normalized spacial score (nSPS) is 12.6. The predicted molar refractivity (Wildman–Crippen MR) is 262 cm³/mol. The van der Waals surface area contributed by atoms with Gasteiger partial charge in [-0.3, -0.25) is 0 Å². The molecular weight excluding hydrogens is 747 g/mol. The zero-order chi connectivity index (χ0) is 41.0. The summed E-state index contributed by atoms with van der Waals surface area (Å²) in [6, 6.07) is 91.7. The molecule has 0 atom stereocenters. The lowest BCUT2D eigenvalue weighted by atomic mass is 9.67. The van der Waals surface area contributed by atoms with Gasteiger partial charge in [-0.05, 0) is 125 Å². The summed E-state index contributed by atoms with van der Waals surface area (Å²) in [6.45, 7) is 0. The van der Waals surface area contributed by atoms with Crippen molar-refractivity contribution in [2.45, 2.75) is 5.41 Å². The van der Waals surface area contributed by atoms with Crippen LogP contribution < -0.4 is 4.90 Å². The van der Waals surface area contributed by atoms with Gasteiger partial charge in [0, 0.05) is 16.9 Å². The Morgan fingerprint density at radius 3 is 1.58 bits per heavy atom. The Labute approximate surface area is 362 Å². The molecule has 11 aromatic rings. The van der Waals surface area contributed by atoms with Crippen LogP contribution in [0.3, 0.4) is 0 Å². The molecule has 1 aliphatic carbocycles. The molecule has 1 nitrogen and oxygen atoms in total. The zero-order valence-electron chi connectivity index (χ0n) is 34.1. The van der Waals surface area contributed by atoms with E-state index >= 15 is 0 Å². The van der Waals surface area contributed by atoms with Crippen LogP contribution in [0.15, 0.2) is 249 Å². The lowest BCUT2D eigenvalue weighted by molar-refractivity contribution is 0.768. The van der Waals surface area contributed by atoms with E-state index in [1.54, 1.807) is 0 Å². The molecule has 1 aliphatic rings. The minimum atomic E-state index is -0.519. The Balaban J connectivity index is 1.09. The molecular formula is C61H41N. The van der Waals surface area contributed by atoms with Crippen LogP contribution in [-0.2, 0) is 5.41 Å². The lowest BCUT2D eigenvalue weighted by Gasteiger charge is -2.35. The summed E-state index contributed by atoms with van der Waals surface area (Å²) < 4.78 is 0. The predicted octanol–water partition coefficient (Wildman–Crippen LogP) is 16.3. The van der Waals surface area contributed by atoms with Crippen LogP contribution >= 0.6 is 0 Å². The minimum Gasteiger partial charge on any atom is -0.310 e. The van der Waals surface area contributed by atoms with Crippen molar-refractivity contribution in [3.8, 4) is 33.4 Å².